The highest BCUT2D eigenvalue weighted by molar-refractivity contribution is 9.10. The van der Waals surface area contributed by atoms with Crippen molar-refractivity contribution >= 4 is 31.9 Å². The molecule has 1 unspecified atom stereocenters. The van der Waals surface area contributed by atoms with Crippen LogP contribution in [0.3, 0.4) is 0 Å². The molecule has 0 bridgehead atoms. The predicted octanol–water partition coefficient (Wildman–Crippen LogP) is 1.99. The molecule has 116 valence electrons. The normalized spacial score (nSPS) is 19.4. The average molecular weight is 378 g/mol. The van der Waals surface area contributed by atoms with Crippen LogP contribution in [-0.2, 0) is 14.8 Å². The van der Waals surface area contributed by atoms with Gasteiger partial charge in [-0.3, -0.25) is 0 Å². The van der Waals surface area contributed by atoms with Crippen molar-refractivity contribution in [1.29, 1.82) is 0 Å². The molecule has 1 fully saturated rings. The van der Waals surface area contributed by atoms with Gasteiger partial charge >= 0.3 is 5.97 Å². The molecule has 0 saturated carbocycles. The summed E-state index contributed by atoms with van der Waals surface area (Å²) < 4.78 is 32.7. The molecule has 1 saturated heterocycles. The molecule has 21 heavy (non-hydrogen) atoms. The second-order valence-corrected chi connectivity index (χ2v) is 7.38. The van der Waals surface area contributed by atoms with E-state index in [-0.39, 0.29) is 27.6 Å². The standard InChI is InChI=1S/C13H16BrNO5S/c14-11-7-9(13(16)17)4-5-12(11)21(18,19)15-8-10-3-1-2-6-20-10/h4-5,7,10,15H,1-3,6,8H2,(H,16,17). The third kappa shape index (κ3) is 4.26. The Morgan fingerprint density at radius 3 is 2.76 bits per heavy atom. The van der Waals surface area contributed by atoms with Gasteiger partial charge in [0, 0.05) is 17.6 Å². The third-order valence-corrected chi connectivity index (χ3v) is 5.64. The van der Waals surface area contributed by atoms with Crippen LogP contribution in [0.1, 0.15) is 29.6 Å². The summed E-state index contributed by atoms with van der Waals surface area (Å²) in [5.41, 5.74) is 0.0245. The molecule has 2 rings (SSSR count). The smallest absolute Gasteiger partial charge is 0.335 e. The molecule has 0 aliphatic carbocycles. The molecule has 1 aliphatic rings. The molecule has 2 N–H and O–H groups in total. The first-order valence-electron chi connectivity index (χ1n) is 6.54. The van der Waals surface area contributed by atoms with Crippen molar-refractivity contribution in [1.82, 2.24) is 4.72 Å². The summed E-state index contributed by atoms with van der Waals surface area (Å²) in [6.07, 6.45) is 2.77. The van der Waals surface area contributed by atoms with Crippen molar-refractivity contribution in [3.8, 4) is 0 Å². The van der Waals surface area contributed by atoms with Crippen LogP contribution in [-0.4, -0.2) is 38.7 Å². The minimum Gasteiger partial charge on any atom is -0.478 e. The van der Waals surface area contributed by atoms with Gasteiger partial charge in [-0.2, -0.15) is 0 Å². The minimum atomic E-state index is -3.70. The maximum Gasteiger partial charge on any atom is 0.335 e. The molecule has 1 heterocycles. The summed E-state index contributed by atoms with van der Waals surface area (Å²) in [4.78, 5) is 10.9. The highest BCUT2D eigenvalue weighted by atomic mass is 79.9. The molecule has 1 aromatic carbocycles. The fraction of sp³-hybridized carbons (Fsp3) is 0.462. The lowest BCUT2D eigenvalue weighted by molar-refractivity contribution is 0.0200. The van der Waals surface area contributed by atoms with Gasteiger partial charge in [0.15, 0.2) is 0 Å². The van der Waals surface area contributed by atoms with Crippen LogP contribution >= 0.6 is 15.9 Å². The number of rotatable bonds is 5. The summed E-state index contributed by atoms with van der Waals surface area (Å²) in [6, 6.07) is 3.81. The molecule has 1 aromatic rings. The van der Waals surface area contributed by atoms with Gasteiger partial charge in [0.1, 0.15) is 0 Å². The Bertz CT molecular complexity index is 625. The van der Waals surface area contributed by atoms with Gasteiger partial charge in [0.2, 0.25) is 10.0 Å². The largest absolute Gasteiger partial charge is 0.478 e. The van der Waals surface area contributed by atoms with Crippen molar-refractivity contribution in [2.75, 3.05) is 13.2 Å². The van der Waals surface area contributed by atoms with Crippen molar-refractivity contribution < 1.29 is 23.1 Å². The van der Waals surface area contributed by atoms with Crippen molar-refractivity contribution in [2.45, 2.75) is 30.3 Å². The highest BCUT2D eigenvalue weighted by Crippen LogP contribution is 2.23. The first-order valence-corrected chi connectivity index (χ1v) is 8.82. The zero-order chi connectivity index (χ0) is 15.5. The number of carbonyl (C=O) groups is 1. The number of hydrogen-bond acceptors (Lipinski definition) is 4. The van der Waals surface area contributed by atoms with Crippen molar-refractivity contribution in [3.05, 3.63) is 28.2 Å². The summed E-state index contributed by atoms with van der Waals surface area (Å²) in [7, 11) is -3.70. The predicted molar refractivity (Wildman–Crippen MR) is 79.9 cm³/mol. The Morgan fingerprint density at radius 2 is 2.19 bits per heavy atom. The maximum absolute atomic E-state index is 12.2. The summed E-state index contributed by atoms with van der Waals surface area (Å²) in [5.74, 6) is -1.11. The summed E-state index contributed by atoms with van der Waals surface area (Å²) in [6.45, 7) is 0.874. The van der Waals surface area contributed by atoms with E-state index in [1.165, 1.54) is 18.2 Å². The molecular formula is C13H16BrNO5S. The van der Waals surface area contributed by atoms with Gasteiger partial charge in [-0.05, 0) is 53.4 Å². The number of benzene rings is 1. The number of carboxylic acids is 1. The van der Waals surface area contributed by atoms with Crippen molar-refractivity contribution in [3.63, 3.8) is 0 Å². The zero-order valence-electron chi connectivity index (χ0n) is 11.2. The first kappa shape index (κ1) is 16.4. The highest BCUT2D eigenvalue weighted by Gasteiger charge is 2.22. The number of sulfonamides is 1. The molecule has 0 amide bonds. The van der Waals surface area contributed by atoms with E-state index in [0.717, 1.165) is 19.3 Å². The van der Waals surface area contributed by atoms with Crippen LogP contribution in [0.5, 0.6) is 0 Å². The molecule has 1 aliphatic heterocycles. The number of aromatic carboxylic acids is 1. The Kier molecular flexibility index (Phi) is 5.37. The van der Waals surface area contributed by atoms with Crippen LogP contribution in [0.2, 0.25) is 0 Å². The van der Waals surface area contributed by atoms with Crippen LogP contribution in [0.4, 0.5) is 0 Å². The van der Waals surface area contributed by atoms with E-state index < -0.39 is 16.0 Å². The topological polar surface area (TPSA) is 92.7 Å². The monoisotopic (exact) mass is 377 g/mol. The molecule has 1 atom stereocenters. The molecule has 0 aromatic heterocycles. The second-order valence-electron chi connectivity index (χ2n) is 4.79. The maximum atomic E-state index is 12.2. The van der Waals surface area contributed by atoms with Gasteiger partial charge in [0.25, 0.3) is 0 Å². The van der Waals surface area contributed by atoms with Crippen LogP contribution in [0.15, 0.2) is 27.6 Å². The van der Waals surface area contributed by atoms with Crippen LogP contribution in [0, 0.1) is 0 Å². The van der Waals surface area contributed by atoms with Gasteiger partial charge in [-0.15, -0.1) is 0 Å². The number of hydrogen-bond donors (Lipinski definition) is 2. The summed E-state index contributed by atoms with van der Waals surface area (Å²) in [5, 5.41) is 8.87. The lowest BCUT2D eigenvalue weighted by Crippen LogP contribution is -2.35. The number of carboxylic acid groups (broad SMARTS) is 1. The Morgan fingerprint density at radius 1 is 1.43 bits per heavy atom. The molecule has 0 spiro atoms. The van der Waals surface area contributed by atoms with Crippen LogP contribution < -0.4 is 4.72 Å². The fourth-order valence-corrected chi connectivity index (χ4v) is 4.24. The SMILES string of the molecule is O=C(O)c1ccc(S(=O)(=O)NCC2CCCCO2)c(Br)c1. The van der Waals surface area contributed by atoms with E-state index in [2.05, 4.69) is 20.7 Å². The molecule has 8 heteroatoms. The van der Waals surface area contributed by atoms with Gasteiger partial charge in [-0.25, -0.2) is 17.9 Å². The lowest BCUT2D eigenvalue weighted by Gasteiger charge is -2.22. The van der Waals surface area contributed by atoms with Crippen molar-refractivity contribution in [2.24, 2.45) is 0 Å². The Labute approximate surface area is 131 Å². The fourth-order valence-electron chi connectivity index (χ4n) is 2.10. The van der Waals surface area contributed by atoms with E-state index in [9.17, 15) is 13.2 Å². The number of nitrogens with one attached hydrogen (secondary N) is 1. The van der Waals surface area contributed by atoms with E-state index in [1.807, 2.05) is 0 Å². The summed E-state index contributed by atoms with van der Waals surface area (Å²) >= 11 is 3.10. The van der Waals surface area contributed by atoms with E-state index >= 15 is 0 Å². The van der Waals surface area contributed by atoms with Gasteiger partial charge < -0.3 is 9.84 Å². The Hall–Kier alpha value is -0.960. The van der Waals surface area contributed by atoms with E-state index in [1.54, 1.807) is 0 Å². The molecule has 0 radical (unpaired) electrons. The van der Waals surface area contributed by atoms with Gasteiger partial charge in [0.05, 0.1) is 16.6 Å². The first-order chi connectivity index (χ1) is 9.90. The van der Waals surface area contributed by atoms with E-state index in [0.29, 0.717) is 6.61 Å². The average Bonchev–Trinajstić information content (AvgIpc) is 2.46. The third-order valence-electron chi connectivity index (χ3n) is 3.24. The van der Waals surface area contributed by atoms with Gasteiger partial charge in [-0.1, -0.05) is 0 Å². The Balaban J connectivity index is 2.10. The number of ether oxygens (including phenoxy) is 1. The van der Waals surface area contributed by atoms with E-state index in [4.69, 9.17) is 9.84 Å². The molecular weight excluding hydrogens is 362 g/mol. The zero-order valence-corrected chi connectivity index (χ0v) is 13.6. The number of halogens is 1. The molecule has 6 nitrogen and oxygen atoms in total. The second kappa shape index (κ2) is 6.87. The van der Waals surface area contributed by atoms with Crippen LogP contribution in [0.25, 0.3) is 0 Å². The minimum absolute atomic E-state index is 0.0170. The lowest BCUT2D eigenvalue weighted by atomic mass is 10.1. The quantitative estimate of drug-likeness (QED) is 0.818.